The van der Waals surface area contributed by atoms with Crippen molar-refractivity contribution in [1.82, 2.24) is 19.8 Å². The lowest BCUT2D eigenvalue weighted by atomic mass is 10.5. The molecular formula is C4H2N4S3. The number of thiol groups is 1. The monoisotopic (exact) mass is 202 g/mol. The molecule has 0 fully saturated rings. The van der Waals surface area contributed by atoms with Crippen LogP contribution in [-0.4, -0.2) is 19.8 Å². The van der Waals surface area contributed by atoms with Crippen LogP contribution in [0.3, 0.4) is 0 Å². The minimum Gasteiger partial charge on any atom is -0.136 e. The van der Waals surface area contributed by atoms with Crippen LogP contribution in [0.1, 0.15) is 0 Å². The molecule has 0 bridgehead atoms. The lowest BCUT2D eigenvalue weighted by Crippen LogP contribution is -1.75. The maximum absolute atomic E-state index is 4.04. The van der Waals surface area contributed by atoms with Crippen molar-refractivity contribution < 1.29 is 0 Å². The molecule has 0 aromatic carbocycles. The van der Waals surface area contributed by atoms with Gasteiger partial charge < -0.3 is 0 Å². The SMILES string of the molecule is Sc1nnc(-c2csnn2)s1. The van der Waals surface area contributed by atoms with Gasteiger partial charge in [-0.2, -0.15) is 0 Å². The Kier molecular flexibility index (Phi) is 1.84. The van der Waals surface area contributed by atoms with Gasteiger partial charge >= 0.3 is 0 Å². The Morgan fingerprint density at radius 2 is 2.18 bits per heavy atom. The molecular weight excluding hydrogens is 200 g/mol. The van der Waals surface area contributed by atoms with Gasteiger partial charge in [-0.15, -0.1) is 27.9 Å². The summed E-state index contributed by atoms with van der Waals surface area (Å²) in [6.45, 7) is 0. The van der Waals surface area contributed by atoms with Crippen molar-refractivity contribution in [2.24, 2.45) is 0 Å². The molecule has 0 aliphatic rings. The summed E-state index contributed by atoms with van der Waals surface area (Å²) in [7, 11) is 0. The molecule has 4 nitrogen and oxygen atoms in total. The van der Waals surface area contributed by atoms with E-state index in [1.54, 1.807) is 0 Å². The van der Waals surface area contributed by atoms with E-state index in [2.05, 4.69) is 32.4 Å². The van der Waals surface area contributed by atoms with Crippen LogP contribution in [0.15, 0.2) is 9.72 Å². The summed E-state index contributed by atoms with van der Waals surface area (Å²) in [5.41, 5.74) is 0.771. The predicted molar refractivity (Wildman–Crippen MR) is 46.1 cm³/mol. The smallest absolute Gasteiger partial charge is 0.136 e. The van der Waals surface area contributed by atoms with Gasteiger partial charge in [-0.1, -0.05) is 15.8 Å². The molecule has 0 unspecified atom stereocenters. The average Bonchev–Trinajstić information content (AvgIpc) is 2.55. The quantitative estimate of drug-likeness (QED) is 0.709. The van der Waals surface area contributed by atoms with Crippen LogP contribution in [0, 0.1) is 0 Å². The zero-order valence-electron chi connectivity index (χ0n) is 5.13. The van der Waals surface area contributed by atoms with E-state index < -0.39 is 0 Å². The van der Waals surface area contributed by atoms with E-state index in [4.69, 9.17) is 0 Å². The van der Waals surface area contributed by atoms with Crippen LogP contribution in [0.5, 0.6) is 0 Å². The molecule has 2 aromatic heterocycles. The second-order valence-electron chi connectivity index (χ2n) is 1.68. The van der Waals surface area contributed by atoms with Crippen LogP contribution in [0.4, 0.5) is 0 Å². The van der Waals surface area contributed by atoms with E-state index in [-0.39, 0.29) is 0 Å². The number of rotatable bonds is 1. The van der Waals surface area contributed by atoms with Gasteiger partial charge in [-0.05, 0) is 11.5 Å². The third-order valence-electron chi connectivity index (χ3n) is 0.993. The molecule has 2 heterocycles. The van der Waals surface area contributed by atoms with Gasteiger partial charge in [0.25, 0.3) is 0 Å². The van der Waals surface area contributed by atoms with E-state index in [9.17, 15) is 0 Å². The standard InChI is InChI=1S/C4H2N4S3/c9-4-7-6-3(11-4)2-1-10-8-5-2/h1H,(H,7,9). The lowest BCUT2D eigenvalue weighted by molar-refractivity contribution is 1.01. The van der Waals surface area contributed by atoms with Crippen molar-refractivity contribution >= 4 is 35.5 Å². The highest BCUT2D eigenvalue weighted by atomic mass is 32.2. The molecule has 0 saturated carbocycles. The highest BCUT2D eigenvalue weighted by Gasteiger charge is 2.05. The van der Waals surface area contributed by atoms with Gasteiger partial charge in [-0.25, -0.2) is 0 Å². The van der Waals surface area contributed by atoms with Crippen molar-refractivity contribution in [3.63, 3.8) is 0 Å². The zero-order chi connectivity index (χ0) is 7.68. The van der Waals surface area contributed by atoms with E-state index in [0.29, 0.717) is 4.34 Å². The van der Waals surface area contributed by atoms with Crippen LogP contribution in [-0.2, 0) is 0 Å². The third-order valence-corrected chi connectivity index (χ3v) is 2.61. The third kappa shape index (κ3) is 1.39. The first-order valence-electron chi connectivity index (χ1n) is 2.66. The Bertz CT molecular complexity index is 340. The lowest BCUT2D eigenvalue weighted by Gasteiger charge is -1.78. The fourth-order valence-corrected chi connectivity index (χ4v) is 1.94. The van der Waals surface area contributed by atoms with Crippen LogP contribution >= 0.6 is 35.5 Å². The molecule has 0 aliphatic heterocycles. The largest absolute Gasteiger partial charge is 0.171 e. The summed E-state index contributed by atoms with van der Waals surface area (Å²) in [6, 6.07) is 0. The molecule has 56 valence electrons. The minimum atomic E-state index is 0.646. The van der Waals surface area contributed by atoms with E-state index >= 15 is 0 Å². The second-order valence-corrected chi connectivity index (χ2v) is 3.99. The van der Waals surface area contributed by atoms with Gasteiger partial charge in [0.1, 0.15) is 5.69 Å². The highest BCUT2D eigenvalue weighted by molar-refractivity contribution is 7.82. The summed E-state index contributed by atoms with van der Waals surface area (Å²) < 4.78 is 4.36. The second kappa shape index (κ2) is 2.84. The van der Waals surface area contributed by atoms with Crippen LogP contribution < -0.4 is 0 Å². The Hall–Kier alpha value is -0.530. The Balaban J connectivity index is 2.45. The number of hydrogen-bond acceptors (Lipinski definition) is 7. The fraction of sp³-hybridized carbons (Fsp3) is 0. The Morgan fingerprint density at radius 3 is 2.73 bits per heavy atom. The van der Waals surface area contributed by atoms with Gasteiger partial charge in [0.2, 0.25) is 0 Å². The number of aromatic nitrogens is 4. The highest BCUT2D eigenvalue weighted by Crippen LogP contribution is 2.23. The molecule has 0 atom stereocenters. The molecule has 2 rings (SSSR count). The molecule has 0 aliphatic carbocycles. The molecule has 0 N–H and O–H groups in total. The minimum absolute atomic E-state index is 0.646. The first-order chi connectivity index (χ1) is 5.36. The number of hydrogen-bond donors (Lipinski definition) is 1. The Morgan fingerprint density at radius 1 is 1.27 bits per heavy atom. The van der Waals surface area contributed by atoms with Gasteiger partial charge in [-0.3, -0.25) is 0 Å². The van der Waals surface area contributed by atoms with Crippen molar-refractivity contribution in [2.75, 3.05) is 0 Å². The van der Waals surface area contributed by atoms with Crippen molar-refractivity contribution in [2.45, 2.75) is 4.34 Å². The van der Waals surface area contributed by atoms with E-state index in [0.717, 1.165) is 10.7 Å². The summed E-state index contributed by atoms with van der Waals surface area (Å²) in [6.07, 6.45) is 0. The van der Waals surface area contributed by atoms with Crippen molar-refractivity contribution in [1.29, 1.82) is 0 Å². The first kappa shape index (κ1) is 7.14. The van der Waals surface area contributed by atoms with Crippen molar-refractivity contribution in [3.05, 3.63) is 5.38 Å². The average molecular weight is 202 g/mol. The summed E-state index contributed by atoms with van der Waals surface area (Å²) in [4.78, 5) is 0. The summed E-state index contributed by atoms with van der Waals surface area (Å²) >= 11 is 6.72. The maximum Gasteiger partial charge on any atom is 0.171 e. The predicted octanol–water partition coefficient (Wildman–Crippen LogP) is 1.35. The molecule has 2 aromatic rings. The van der Waals surface area contributed by atoms with Crippen LogP contribution in [0.2, 0.25) is 0 Å². The van der Waals surface area contributed by atoms with Gasteiger partial charge in [0.15, 0.2) is 9.35 Å². The van der Waals surface area contributed by atoms with Gasteiger partial charge in [0, 0.05) is 5.38 Å². The first-order valence-corrected chi connectivity index (χ1v) is 4.76. The normalized spacial score (nSPS) is 10.3. The van der Waals surface area contributed by atoms with E-state index in [1.807, 2.05) is 5.38 Å². The molecule has 11 heavy (non-hydrogen) atoms. The Labute approximate surface area is 75.9 Å². The molecule has 0 spiro atoms. The molecule has 0 radical (unpaired) electrons. The summed E-state index contributed by atoms with van der Waals surface area (Å²) in [5.74, 6) is 0. The topological polar surface area (TPSA) is 51.6 Å². The molecule has 7 heteroatoms. The van der Waals surface area contributed by atoms with E-state index in [1.165, 1.54) is 22.9 Å². The van der Waals surface area contributed by atoms with Gasteiger partial charge in [0.05, 0.1) is 0 Å². The van der Waals surface area contributed by atoms with Crippen LogP contribution in [0.25, 0.3) is 10.7 Å². The molecule has 0 saturated heterocycles. The number of nitrogens with zero attached hydrogens (tertiary/aromatic N) is 4. The maximum atomic E-state index is 4.04. The van der Waals surface area contributed by atoms with Crippen molar-refractivity contribution in [3.8, 4) is 10.7 Å². The summed E-state index contributed by atoms with van der Waals surface area (Å²) in [5, 5.41) is 14.0. The fourth-order valence-electron chi connectivity index (χ4n) is 0.577. The molecule has 0 amide bonds. The zero-order valence-corrected chi connectivity index (χ0v) is 7.66.